The van der Waals surface area contributed by atoms with Crippen LogP contribution in [0.1, 0.15) is 11.1 Å². The minimum absolute atomic E-state index is 0.0317. The summed E-state index contributed by atoms with van der Waals surface area (Å²) < 4.78 is 8.51. The normalized spacial score (nSPS) is 9.47. The second-order valence-corrected chi connectivity index (χ2v) is 14.6. The summed E-state index contributed by atoms with van der Waals surface area (Å²) in [7, 11) is 1.62. The van der Waals surface area contributed by atoms with Crippen LogP contribution in [0.2, 0.25) is 0 Å². The zero-order valence-corrected chi connectivity index (χ0v) is 27.1. The molecule has 0 spiro atoms. The van der Waals surface area contributed by atoms with Crippen molar-refractivity contribution in [2.45, 2.75) is 13.8 Å². The molecule has 4 rings (SSSR count). The average Bonchev–Trinajstić information content (AvgIpc) is 2.88. The lowest BCUT2D eigenvalue weighted by Gasteiger charge is -2.07. The molecular weight excluding hydrogens is 726 g/mol. The van der Waals surface area contributed by atoms with Crippen molar-refractivity contribution in [3.8, 4) is 22.9 Å². The standard InChI is InChI=1S/C13H13NO2.C12H11NO2.CH2Cl2.BBr3/c1-10-3-8-13(15)14(9-10)11-4-6-12(16-2)7-5-11;1-9-2-7-12(15)13(8-9)10-3-5-11(14)6-4-10;2-1-3;2-1(3)4/h3-9H,1-2H3;2-8,14H,1H3;1H2;. The number of ether oxygens (including phenoxy) is 1. The van der Waals surface area contributed by atoms with Gasteiger partial charge in [0.15, 0.2) is 0 Å². The van der Waals surface area contributed by atoms with Gasteiger partial charge in [-0.1, -0.05) is 12.1 Å². The van der Waals surface area contributed by atoms with Crippen LogP contribution in [0.25, 0.3) is 11.4 Å². The molecule has 0 unspecified atom stereocenters. The van der Waals surface area contributed by atoms with Gasteiger partial charge in [-0.2, -0.15) is 0 Å². The number of aryl methyl sites for hydroxylation is 2. The van der Waals surface area contributed by atoms with Gasteiger partial charge in [-0.05, 0) is 73.5 Å². The Morgan fingerprint density at radius 1 is 0.737 bits per heavy atom. The highest BCUT2D eigenvalue weighted by atomic mass is 79.9. The van der Waals surface area contributed by atoms with Crippen LogP contribution in [0.5, 0.6) is 11.5 Å². The van der Waals surface area contributed by atoms with Crippen molar-refractivity contribution in [2.75, 3.05) is 12.4 Å². The number of methoxy groups -OCH3 is 1. The number of nitrogens with zero attached hydrogens (tertiary/aromatic N) is 2. The fourth-order valence-corrected chi connectivity index (χ4v) is 2.95. The van der Waals surface area contributed by atoms with Crippen LogP contribution >= 0.6 is 70.5 Å². The number of phenolic OH excluding ortho intramolecular Hbond substituents is 1. The average molecular weight is 752 g/mol. The highest BCUT2D eigenvalue weighted by molar-refractivity contribution is 9.69. The third kappa shape index (κ3) is 12.7. The Morgan fingerprint density at radius 3 is 1.42 bits per heavy atom. The van der Waals surface area contributed by atoms with E-state index in [2.05, 4.69) is 47.3 Å². The highest BCUT2D eigenvalue weighted by Crippen LogP contribution is 2.14. The van der Waals surface area contributed by atoms with E-state index in [-0.39, 0.29) is 25.4 Å². The van der Waals surface area contributed by atoms with Crippen LogP contribution in [-0.2, 0) is 0 Å². The van der Waals surface area contributed by atoms with Crippen LogP contribution in [-0.4, -0.2) is 29.9 Å². The number of hydrogen-bond acceptors (Lipinski definition) is 4. The van der Waals surface area contributed by atoms with Crippen molar-refractivity contribution < 1.29 is 9.84 Å². The number of halogens is 5. The van der Waals surface area contributed by atoms with Gasteiger partial charge in [-0.3, -0.25) is 18.7 Å². The fraction of sp³-hybridized carbons (Fsp3) is 0.154. The first kappa shape index (κ1) is 34.1. The van der Waals surface area contributed by atoms with E-state index >= 15 is 0 Å². The first-order chi connectivity index (χ1) is 18.0. The maximum Gasteiger partial charge on any atom is 0.369 e. The Morgan fingerprint density at radius 2 is 1.08 bits per heavy atom. The van der Waals surface area contributed by atoms with E-state index in [9.17, 15) is 9.59 Å². The molecule has 0 radical (unpaired) electrons. The van der Waals surface area contributed by atoms with E-state index < -0.39 is 0 Å². The minimum Gasteiger partial charge on any atom is -0.508 e. The van der Waals surface area contributed by atoms with E-state index in [4.69, 9.17) is 33.0 Å². The van der Waals surface area contributed by atoms with Crippen molar-refractivity contribution >= 4 is 73.7 Å². The Kier molecular flexibility index (Phi) is 16.4. The second kappa shape index (κ2) is 18.3. The molecule has 0 saturated heterocycles. The summed E-state index contributed by atoms with van der Waals surface area (Å²) in [5.74, 6) is 0.976. The van der Waals surface area contributed by atoms with Gasteiger partial charge in [0.05, 0.1) is 12.4 Å². The molecule has 0 aliphatic heterocycles. The van der Waals surface area contributed by atoms with Gasteiger partial charge in [-0.25, -0.2) is 0 Å². The topological polar surface area (TPSA) is 73.5 Å². The summed E-state index contributed by atoms with van der Waals surface area (Å²) in [5, 5.41) is 9.33. The lowest BCUT2D eigenvalue weighted by Crippen LogP contribution is -2.16. The fourth-order valence-electron chi connectivity index (χ4n) is 2.95. The molecule has 12 heteroatoms. The minimum atomic E-state index is -0.0775. The zero-order valence-electron chi connectivity index (χ0n) is 20.8. The largest absolute Gasteiger partial charge is 0.508 e. The van der Waals surface area contributed by atoms with E-state index in [1.807, 2.05) is 50.4 Å². The lowest BCUT2D eigenvalue weighted by molar-refractivity contribution is 0.414. The van der Waals surface area contributed by atoms with Gasteiger partial charge in [0.2, 0.25) is 0 Å². The van der Waals surface area contributed by atoms with Gasteiger partial charge >= 0.3 is 3.18 Å². The molecule has 0 bridgehead atoms. The van der Waals surface area contributed by atoms with Crippen LogP contribution in [0.3, 0.4) is 0 Å². The summed E-state index contributed by atoms with van der Waals surface area (Å²) >= 11 is 18.8. The molecule has 38 heavy (non-hydrogen) atoms. The molecule has 6 nitrogen and oxygen atoms in total. The molecule has 0 aliphatic carbocycles. The molecule has 0 aliphatic rings. The molecule has 1 N–H and O–H groups in total. The quantitative estimate of drug-likeness (QED) is 0.173. The number of pyridine rings is 2. The Hall–Kier alpha value is -1.98. The summed E-state index contributed by atoms with van der Waals surface area (Å²) in [4.78, 5) is 23.2. The maximum absolute atomic E-state index is 11.7. The van der Waals surface area contributed by atoms with E-state index in [0.717, 1.165) is 28.3 Å². The van der Waals surface area contributed by atoms with Crippen molar-refractivity contribution in [2.24, 2.45) is 0 Å². The molecule has 2 aromatic carbocycles. The Labute approximate surface area is 257 Å². The monoisotopic (exact) mass is 748 g/mol. The van der Waals surface area contributed by atoms with E-state index in [0.29, 0.717) is 0 Å². The smallest absolute Gasteiger partial charge is 0.369 e. The van der Waals surface area contributed by atoms with Crippen LogP contribution in [0, 0.1) is 13.8 Å². The number of benzene rings is 2. The van der Waals surface area contributed by atoms with Crippen LogP contribution < -0.4 is 15.9 Å². The first-order valence-electron chi connectivity index (χ1n) is 10.9. The predicted octanol–water partition coefficient (Wildman–Crippen LogP) is 7.58. The molecule has 4 aromatic rings. The number of hydrogen-bond donors (Lipinski definition) is 1. The molecule has 2 heterocycles. The van der Waals surface area contributed by atoms with Crippen molar-refractivity contribution in [3.63, 3.8) is 0 Å². The molecule has 0 saturated carbocycles. The van der Waals surface area contributed by atoms with Crippen LogP contribution in [0.4, 0.5) is 0 Å². The van der Waals surface area contributed by atoms with E-state index in [1.165, 1.54) is 6.07 Å². The van der Waals surface area contributed by atoms with Gasteiger partial charge in [0.25, 0.3) is 11.1 Å². The van der Waals surface area contributed by atoms with Gasteiger partial charge < -0.3 is 9.84 Å². The third-order valence-electron chi connectivity index (χ3n) is 4.60. The molecule has 0 amide bonds. The summed E-state index contributed by atoms with van der Waals surface area (Å²) in [5.41, 5.74) is 3.55. The Balaban J connectivity index is 0.000000307. The number of aromatic hydroxyl groups is 1. The summed E-state index contributed by atoms with van der Waals surface area (Å²) in [6.45, 7) is 3.88. The second-order valence-electron chi connectivity index (χ2n) is 7.39. The molecule has 0 atom stereocenters. The van der Waals surface area contributed by atoms with Crippen molar-refractivity contribution in [3.05, 3.63) is 117 Å². The number of rotatable bonds is 3. The molecular formula is C26H26BBr3Cl2N2O4. The molecule has 2 aromatic heterocycles. The summed E-state index contributed by atoms with van der Waals surface area (Å²) in [6.07, 6.45) is 3.60. The maximum atomic E-state index is 11.7. The van der Waals surface area contributed by atoms with Gasteiger partial charge in [0, 0.05) is 35.9 Å². The van der Waals surface area contributed by atoms with Gasteiger partial charge in [0.1, 0.15) is 11.5 Å². The van der Waals surface area contributed by atoms with Crippen molar-refractivity contribution in [1.29, 1.82) is 0 Å². The molecule has 0 fully saturated rings. The lowest BCUT2D eigenvalue weighted by atomic mass is 10.2. The number of alkyl halides is 2. The molecule has 202 valence electrons. The first-order valence-corrected chi connectivity index (χ1v) is 14.7. The summed E-state index contributed by atoms with van der Waals surface area (Å²) in [6, 6.07) is 20.6. The van der Waals surface area contributed by atoms with Crippen molar-refractivity contribution in [1.82, 2.24) is 9.13 Å². The number of phenols is 1. The third-order valence-corrected chi connectivity index (χ3v) is 4.60. The van der Waals surface area contributed by atoms with Crippen LogP contribution in [0.15, 0.2) is 94.8 Å². The highest BCUT2D eigenvalue weighted by Gasteiger charge is 2.00. The predicted molar refractivity (Wildman–Crippen MR) is 171 cm³/mol. The van der Waals surface area contributed by atoms with E-state index in [1.54, 1.807) is 58.8 Å². The SMILES string of the molecule is BrB(Br)Br.COc1ccc(-n2cc(C)ccc2=O)cc1.Cc1ccc(=O)n(-c2ccc(O)cc2)c1.ClCCl. The Bertz CT molecular complexity index is 1360. The number of aromatic nitrogens is 2. The zero-order chi connectivity index (χ0) is 28.7. The van der Waals surface area contributed by atoms with Gasteiger partial charge in [-0.15, -0.1) is 70.5 Å².